The average molecular weight is 221 g/mol. The predicted molar refractivity (Wildman–Crippen MR) is 63.6 cm³/mol. The molecule has 1 aliphatic heterocycles. The standard InChI is InChI=1S/C13H19NO2/c1-13(9-15)8-10(6-7-14-13)11-4-2-3-5-12(11)16/h2-5,10,14-16H,6-9H2,1H3. The lowest BCUT2D eigenvalue weighted by atomic mass is 9.80. The van der Waals surface area contributed by atoms with Crippen LogP contribution in [-0.2, 0) is 0 Å². The van der Waals surface area contributed by atoms with Crippen LogP contribution in [0.15, 0.2) is 24.3 Å². The van der Waals surface area contributed by atoms with Crippen LogP contribution in [-0.4, -0.2) is 28.9 Å². The Labute approximate surface area is 96.1 Å². The highest BCUT2D eigenvalue weighted by Crippen LogP contribution is 2.36. The van der Waals surface area contributed by atoms with Gasteiger partial charge in [0.15, 0.2) is 0 Å². The maximum absolute atomic E-state index is 9.82. The van der Waals surface area contributed by atoms with Gasteiger partial charge in [0.2, 0.25) is 0 Å². The van der Waals surface area contributed by atoms with E-state index in [4.69, 9.17) is 0 Å². The van der Waals surface area contributed by atoms with E-state index in [2.05, 4.69) is 5.32 Å². The summed E-state index contributed by atoms with van der Waals surface area (Å²) in [6.45, 7) is 3.05. The Bertz CT molecular complexity index is 367. The summed E-state index contributed by atoms with van der Waals surface area (Å²) in [7, 11) is 0. The lowest BCUT2D eigenvalue weighted by Crippen LogP contribution is -2.50. The van der Waals surface area contributed by atoms with E-state index in [0.29, 0.717) is 11.7 Å². The molecule has 1 saturated heterocycles. The first-order valence-electron chi connectivity index (χ1n) is 5.78. The van der Waals surface area contributed by atoms with Gasteiger partial charge < -0.3 is 15.5 Å². The molecule has 1 fully saturated rings. The molecule has 0 aromatic heterocycles. The highest BCUT2D eigenvalue weighted by Gasteiger charge is 2.32. The van der Waals surface area contributed by atoms with Gasteiger partial charge in [-0.1, -0.05) is 18.2 Å². The molecule has 0 radical (unpaired) electrons. The molecule has 3 heteroatoms. The predicted octanol–water partition coefficient (Wildman–Crippen LogP) is 1.61. The maximum Gasteiger partial charge on any atom is 0.119 e. The van der Waals surface area contributed by atoms with Crippen molar-refractivity contribution >= 4 is 0 Å². The van der Waals surface area contributed by atoms with Crippen LogP contribution in [0.2, 0.25) is 0 Å². The smallest absolute Gasteiger partial charge is 0.119 e. The molecule has 2 atom stereocenters. The van der Waals surface area contributed by atoms with Crippen molar-refractivity contribution in [2.75, 3.05) is 13.2 Å². The number of hydrogen-bond donors (Lipinski definition) is 3. The molecular weight excluding hydrogens is 202 g/mol. The van der Waals surface area contributed by atoms with E-state index < -0.39 is 0 Å². The summed E-state index contributed by atoms with van der Waals surface area (Å²) in [6, 6.07) is 7.50. The average Bonchev–Trinajstić information content (AvgIpc) is 2.30. The number of piperidine rings is 1. The summed E-state index contributed by atoms with van der Waals surface area (Å²) in [6.07, 6.45) is 1.87. The van der Waals surface area contributed by atoms with Crippen LogP contribution in [0.3, 0.4) is 0 Å². The number of aromatic hydroxyl groups is 1. The van der Waals surface area contributed by atoms with E-state index in [-0.39, 0.29) is 12.1 Å². The minimum atomic E-state index is -0.217. The number of phenolic OH excluding ortho intramolecular Hbond substituents is 1. The number of aliphatic hydroxyl groups excluding tert-OH is 1. The zero-order valence-electron chi connectivity index (χ0n) is 9.61. The van der Waals surface area contributed by atoms with Crippen LogP contribution in [0.1, 0.15) is 31.2 Å². The van der Waals surface area contributed by atoms with Gasteiger partial charge in [-0.25, -0.2) is 0 Å². The number of aliphatic hydroxyl groups is 1. The number of benzene rings is 1. The lowest BCUT2D eigenvalue weighted by molar-refractivity contribution is 0.137. The number of nitrogens with one attached hydrogen (secondary N) is 1. The number of phenols is 1. The van der Waals surface area contributed by atoms with Gasteiger partial charge in [0.1, 0.15) is 5.75 Å². The van der Waals surface area contributed by atoms with E-state index in [9.17, 15) is 10.2 Å². The summed E-state index contributed by atoms with van der Waals surface area (Å²) in [5.74, 6) is 0.703. The second kappa shape index (κ2) is 4.44. The molecule has 0 amide bonds. The fourth-order valence-electron chi connectivity index (χ4n) is 2.48. The number of hydrogen-bond acceptors (Lipinski definition) is 3. The quantitative estimate of drug-likeness (QED) is 0.711. The first-order valence-corrected chi connectivity index (χ1v) is 5.78. The Kier molecular flexibility index (Phi) is 3.17. The molecule has 2 rings (SSSR count). The normalized spacial score (nSPS) is 30.2. The van der Waals surface area contributed by atoms with E-state index in [1.807, 2.05) is 25.1 Å². The molecule has 3 nitrogen and oxygen atoms in total. The first-order chi connectivity index (χ1) is 7.64. The van der Waals surface area contributed by atoms with E-state index >= 15 is 0 Å². The van der Waals surface area contributed by atoms with Crippen LogP contribution in [0.25, 0.3) is 0 Å². The molecule has 3 N–H and O–H groups in total. The van der Waals surface area contributed by atoms with Crippen molar-refractivity contribution in [1.29, 1.82) is 0 Å². The van der Waals surface area contributed by atoms with Crippen LogP contribution in [0.4, 0.5) is 0 Å². The van der Waals surface area contributed by atoms with Crippen LogP contribution in [0, 0.1) is 0 Å². The van der Waals surface area contributed by atoms with Crippen molar-refractivity contribution in [2.45, 2.75) is 31.2 Å². The van der Waals surface area contributed by atoms with Gasteiger partial charge in [-0.2, -0.15) is 0 Å². The zero-order valence-corrected chi connectivity index (χ0v) is 9.61. The van der Waals surface area contributed by atoms with Crippen LogP contribution >= 0.6 is 0 Å². The fraction of sp³-hybridized carbons (Fsp3) is 0.538. The van der Waals surface area contributed by atoms with Gasteiger partial charge in [-0.15, -0.1) is 0 Å². The molecule has 0 spiro atoms. The fourth-order valence-corrected chi connectivity index (χ4v) is 2.48. The summed E-state index contributed by atoms with van der Waals surface area (Å²) < 4.78 is 0. The first kappa shape index (κ1) is 11.4. The minimum absolute atomic E-state index is 0.136. The van der Waals surface area contributed by atoms with Gasteiger partial charge in [0, 0.05) is 5.54 Å². The van der Waals surface area contributed by atoms with Crippen molar-refractivity contribution in [2.24, 2.45) is 0 Å². The summed E-state index contributed by atoms with van der Waals surface area (Å²) in [4.78, 5) is 0. The zero-order chi connectivity index (χ0) is 11.6. The Balaban J connectivity index is 2.19. The second-order valence-electron chi connectivity index (χ2n) is 4.89. The molecule has 2 unspecified atom stereocenters. The molecule has 16 heavy (non-hydrogen) atoms. The molecule has 0 aliphatic carbocycles. The van der Waals surface area contributed by atoms with Gasteiger partial charge in [0.25, 0.3) is 0 Å². The molecule has 1 aromatic carbocycles. The van der Waals surface area contributed by atoms with Gasteiger partial charge in [-0.3, -0.25) is 0 Å². The van der Waals surface area contributed by atoms with Crippen molar-refractivity contribution < 1.29 is 10.2 Å². The molecule has 1 aromatic rings. The van der Waals surface area contributed by atoms with Gasteiger partial charge in [0.05, 0.1) is 6.61 Å². The van der Waals surface area contributed by atoms with Gasteiger partial charge >= 0.3 is 0 Å². The molecular formula is C13H19NO2. The van der Waals surface area contributed by atoms with Gasteiger partial charge in [-0.05, 0) is 43.9 Å². The van der Waals surface area contributed by atoms with Crippen LogP contribution in [0.5, 0.6) is 5.75 Å². The molecule has 0 saturated carbocycles. The highest BCUT2D eigenvalue weighted by molar-refractivity contribution is 5.35. The van der Waals surface area contributed by atoms with E-state index in [1.54, 1.807) is 6.07 Å². The summed E-state index contributed by atoms with van der Waals surface area (Å²) in [5, 5.41) is 22.5. The van der Waals surface area contributed by atoms with Crippen LogP contribution < -0.4 is 5.32 Å². The molecule has 1 heterocycles. The second-order valence-corrected chi connectivity index (χ2v) is 4.89. The Morgan fingerprint density at radius 1 is 1.44 bits per heavy atom. The number of rotatable bonds is 2. The van der Waals surface area contributed by atoms with Crippen molar-refractivity contribution in [3.8, 4) is 5.75 Å². The number of para-hydroxylation sites is 1. The summed E-state index contributed by atoms with van der Waals surface area (Å²) in [5.41, 5.74) is 0.786. The van der Waals surface area contributed by atoms with E-state index in [0.717, 1.165) is 24.9 Å². The largest absolute Gasteiger partial charge is 0.508 e. The molecule has 88 valence electrons. The molecule has 1 aliphatic rings. The lowest BCUT2D eigenvalue weighted by Gasteiger charge is -2.38. The maximum atomic E-state index is 9.82. The third kappa shape index (κ3) is 2.20. The topological polar surface area (TPSA) is 52.5 Å². The third-order valence-electron chi connectivity index (χ3n) is 3.47. The SMILES string of the molecule is CC1(CO)CC(c2ccccc2O)CCN1. The third-order valence-corrected chi connectivity index (χ3v) is 3.47. The molecule has 0 bridgehead atoms. The Morgan fingerprint density at radius 3 is 2.88 bits per heavy atom. The summed E-state index contributed by atoms with van der Waals surface area (Å²) >= 11 is 0. The van der Waals surface area contributed by atoms with Crippen molar-refractivity contribution in [3.63, 3.8) is 0 Å². The van der Waals surface area contributed by atoms with Crippen molar-refractivity contribution in [1.82, 2.24) is 5.32 Å². The Hall–Kier alpha value is -1.06. The van der Waals surface area contributed by atoms with Crippen molar-refractivity contribution in [3.05, 3.63) is 29.8 Å². The Morgan fingerprint density at radius 2 is 2.19 bits per heavy atom. The minimum Gasteiger partial charge on any atom is -0.508 e. The monoisotopic (exact) mass is 221 g/mol. The highest BCUT2D eigenvalue weighted by atomic mass is 16.3. The van der Waals surface area contributed by atoms with E-state index in [1.165, 1.54) is 0 Å².